The normalized spacial score (nSPS) is 22.2. The molecule has 1 rings (SSSR count). The predicted molar refractivity (Wildman–Crippen MR) is 53.0 cm³/mol. The van der Waals surface area contributed by atoms with Crippen LogP contribution in [0.1, 0.15) is 6.42 Å². The molecule has 1 saturated heterocycles. The maximum Gasteiger partial charge on any atom is 0.0273 e. The van der Waals surface area contributed by atoms with Crippen molar-refractivity contribution < 1.29 is 0 Å². The van der Waals surface area contributed by atoms with E-state index in [2.05, 4.69) is 21.8 Å². The molecule has 1 aliphatic rings. The summed E-state index contributed by atoms with van der Waals surface area (Å²) in [6, 6.07) is 0. The number of rotatable bonds is 3. The fraction of sp³-hybridized carbons (Fsp3) is 0.889. The van der Waals surface area contributed by atoms with Crippen LogP contribution in [0.15, 0.2) is 4.99 Å². The summed E-state index contributed by atoms with van der Waals surface area (Å²) in [7, 11) is 4.02. The van der Waals surface area contributed by atoms with Crippen molar-refractivity contribution >= 4 is 6.21 Å². The number of hydrogen-bond donors (Lipinski definition) is 0. The van der Waals surface area contributed by atoms with Crippen LogP contribution in [0, 0.1) is 0 Å². The van der Waals surface area contributed by atoms with Crippen LogP contribution in [-0.2, 0) is 0 Å². The third-order valence-electron chi connectivity index (χ3n) is 2.35. The van der Waals surface area contributed by atoms with Crippen molar-refractivity contribution in [3.63, 3.8) is 0 Å². The fourth-order valence-corrected chi connectivity index (χ4v) is 1.44. The molecular formula is C9H19N3. The summed E-state index contributed by atoms with van der Waals surface area (Å²) in [6.07, 6.45) is 3.10. The molecule has 0 bridgehead atoms. The van der Waals surface area contributed by atoms with Gasteiger partial charge in [0.2, 0.25) is 0 Å². The Hall–Kier alpha value is -0.410. The summed E-state index contributed by atoms with van der Waals surface area (Å²) in [5.74, 6) is 0. The number of aliphatic imine (C=N–C) groups is 1. The molecule has 0 spiro atoms. The van der Waals surface area contributed by atoms with Crippen LogP contribution in [0.2, 0.25) is 0 Å². The van der Waals surface area contributed by atoms with Crippen molar-refractivity contribution in [2.24, 2.45) is 4.99 Å². The van der Waals surface area contributed by atoms with E-state index in [1.807, 2.05) is 13.3 Å². The Morgan fingerprint density at radius 1 is 1.25 bits per heavy atom. The minimum Gasteiger partial charge on any atom is -0.304 e. The van der Waals surface area contributed by atoms with E-state index in [1.54, 1.807) is 0 Å². The smallest absolute Gasteiger partial charge is 0.0273 e. The van der Waals surface area contributed by atoms with Crippen molar-refractivity contribution in [3.05, 3.63) is 0 Å². The second-order valence-corrected chi connectivity index (χ2v) is 3.37. The molecule has 0 aromatic carbocycles. The van der Waals surface area contributed by atoms with Gasteiger partial charge in [-0.1, -0.05) is 0 Å². The van der Waals surface area contributed by atoms with Gasteiger partial charge in [0.1, 0.15) is 0 Å². The molecule has 0 aliphatic carbocycles. The van der Waals surface area contributed by atoms with E-state index in [0.29, 0.717) is 0 Å². The zero-order chi connectivity index (χ0) is 8.81. The van der Waals surface area contributed by atoms with Gasteiger partial charge in [0.05, 0.1) is 0 Å². The first kappa shape index (κ1) is 9.68. The molecule has 3 heteroatoms. The summed E-state index contributed by atoms with van der Waals surface area (Å²) in [5.41, 5.74) is 0. The van der Waals surface area contributed by atoms with Crippen LogP contribution >= 0.6 is 0 Å². The third-order valence-corrected chi connectivity index (χ3v) is 2.35. The van der Waals surface area contributed by atoms with Gasteiger partial charge in [0.25, 0.3) is 0 Å². The predicted octanol–water partition coefficient (Wildman–Crippen LogP) is 0.325. The van der Waals surface area contributed by atoms with Gasteiger partial charge >= 0.3 is 0 Å². The minimum absolute atomic E-state index is 1.10. The highest BCUT2D eigenvalue weighted by molar-refractivity contribution is 5.56. The number of piperazine rings is 1. The van der Waals surface area contributed by atoms with E-state index in [9.17, 15) is 0 Å². The van der Waals surface area contributed by atoms with Crippen LogP contribution in [0.4, 0.5) is 0 Å². The average Bonchev–Trinajstić information content (AvgIpc) is 2.09. The second-order valence-electron chi connectivity index (χ2n) is 3.37. The molecule has 1 heterocycles. The zero-order valence-electron chi connectivity index (χ0n) is 8.16. The quantitative estimate of drug-likeness (QED) is 0.567. The topological polar surface area (TPSA) is 18.8 Å². The molecule has 0 saturated carbocycles. The summed E-state index contributed by atoms with van der Waals surface area (Å²) in [5, 5.41) is 0. The Labute approximate surface area is 75.1 Å². The van der Waals surface area contributed by atoms with Crippen LogP contribution in [-0.4, -0.2) is 62.8 Å². The lowest BCUT2D eigenvalue weighted by molar-refractivity contribution is 0.157. The number of likely N-dealkylation sites (N-methyl/N-ethyl adjacent to an activating group) is 1. The molecular weight excluding hydrogens is 150 g/mol. The van der Waals surface area contributed by atoms with Crippen molar-refractivity contribution in [2.75, 3.05) is 46.8 Å². The number of nitrogens with zero attached hydrogens (tertiary/aromatic N) is 3. The van der Waals surface area contributed by atoms with Gasteiger partial charge in [-0.15, -0.1) is 0 Å². The SMILES string of the molecule is CN=CCCN1CCN(C)CC1. The number of hydrogen-bond acceptors (Lipinski definition) is 3. The lowest BCUT2D eigenvalue weighted by Gasteiger charge is -2.31. The van der Waals surface area contributed by atoms with Crippen LogP contribution < -0.4 is 0 Å². The molecule has 0 unspecified atom stereocenters. The maximum absolute atomic E-state index is 3.97. The standard InChI is InChI=1S/C9H19N3/c1-10-4-3-5-12-8-6-11(2)7-9-12/h4H,3,5-9H2,1-2H3. The van der Waals surface area contributed by atoms with E-state index >= 15 is 0 Å². The lowest BCUT2D eigenvalue weighted by atomic mass is 10.3. The third kappa shape index (κ3) is 3.32. The molecule has 0 aromatic rings. The van der Waals surface area contributed by atoms with Crippen molar-refractivity contribution in [1.82, 2.24) is 9.80 Å². The van der Waals surface area contributed by atoms with E-state index < -0.39 is 0 Å². The Morgan fingerprint density at radius 2 is 1.92 bits per heavy atom. The molecule has 1 fully saturated rings. The van der Waals surface area contributed by atoms with Crippen molar-refractivity contribution in [3.8, 4) is 0 Å². The molecule has 0 amide bonds. The van der Waals surface area contributed by atoms with Gasteiger partial charge in [0, 0.05) is 39.8 Å². The summed E-state index contributed by atoms with van der Waals surface area (Å²) in [4.78, 5) is 8.85. The average molecular weight is 169 g/mol. The van der Waals surface area contributed by atoms with Crippen molar-refractivity contribution in [2.45, 2.75) is 6.42 Å². The van der Waals surface area contributed by atoms with Gasteiger partial charge < -0.3 is 14.8 Å². The molecule has 70 valence electrons. The molecule has 1 aliphatic heterocycles. The van der Waals surface area contributed by atoms with Gasteiger partial charge in [-0.3, -0.25) is 0 Å². The van der Waals surface area contributed by atoms with Crippen LogP contribution in [0.25, 0.3) is 0 Å². The first-order chi connectivity index (χ1) is 5.83. The minimum atomic E-state index is 1.10. The van der Waals surface area contributed by atoms with Gasteiger partial charge in [-0.05, 0) is 19.7 Å². The lowest BCUT2D eigenvalue weighted by Crippen LogP contribution is -2.44. The monoisotopic (exact) mass is 169 g/mol. The Morgan fingerprint density at radius 3 is 2.50 bits per heavy atom. The van der Waals surface area contributed by atoms with E-state index in [-0.39, 0.29) is 0 Å². The molecule has 0 aromatic heterocycles. The molecule has 3 nitrogen and oxygen atoms in total. The van der Waals surface area contributed by atoms with E-state index in [4.69, 9.17) is 0 Å². The first-order valence-corrected chi connectivity index (χ1v) is 4.64. The summed E-state index contributed by atoms with van der Waals surface area (Å²) >= 11 is 0. The van der Waals surface area contributed by atoms with Gasteiger partial charge in [0.15, 0.2) is 0 Å². The van der Waals surface area contributed by atoms with Gasteiger partial charge in [-0.25, -0.2) is 0 Å². The maximum atomic E-state index is 3.97. The zero-order valence-corrected chi connectivity index (χ0v) is 8.16. The van der Waals surface area contributed by atoms with E-state index in [1.165, 1.54) is 32.7 Å². The molecule has 12 heavy (non-hydrogen) atoms. The van der Waals surface area contributed by atoms with Crippen molar-refractivity contribution in [1.29, 1.82) is 0 Å². The fourth-order valence-electron chi connectivity index (χ4n) is 1.44. The largest absolute Gasteiger partial charge is 0.304 e. The molecule has 0 atom stereocenters. The van der Waals surface area contributed by atoms with Crippen LogP contribution in [0.5, 0.6) is 0 Å². The summed E-state index contributed by atoms with van der Waals surface area (Å²) < 4.78 is 0. The van der Waals surface area contributed by atoms with Gasteiger partial charge in [-0.2, -0.15) is 0 Å². The highest BCUT2D eigenvalue weighted by atomic mass is 15.2. The Kier molecular flexibility index (Phi) is 4.25. The first-order valence-electron chi connectivity index (χ1n) is 4.64. The second kappa shape index (κ2) is 5.27. The summed E-state index contributed by atoms with van der Waals surface area (Å²) in [6.45, 7) is 6.03. The van der Waals surface area contributed by atoms with E-state index in [0.717, 1.165) is 6.42 Å². The molecule has 0 N–H and O–H groups in total. The highest BCUT2D eigenvalue weighted by Crippen LogP contribution is 1.98. The Balaban J connectivity index is 2.09. The molecule has 0 radical (unpaired) electrons. The Bertz CT molecular complexity index is 137. The van der Waals surface area contributed by atoms with Crippen LogP contribution in [0.3, 0.4) is 0 Å². The highest BCUT2D eigenvalue weighted by Gasteiger charge is 2.11.